The molecule has 20 heavy (non-hydrogen) atoms. The SMILES string of the molecule is CCOC(=O)CCC(=O)CN(C)C(C)Cc1cccs1. The molecule has 0 amide bonds. The van der Waals surface area contributed by atoms with Crippen LogP contribution >= 0.6 is 11.3 Å². The average Bonchev–Trinajstić information content (AvgIpc) is 2.89. The van der Waals surface area contributed by atoms with Gasteiger partial charge in [-0.25, -0.2) is 0 Å². The van der Waals surface area contributed by atoms with Gasteiger partial charge in [0.25, 0.3) is 0 Å². The van der Waals surface area contributed by atoms with Gasteiger partial charge in [0.05, 0.1) is 19.6 Å². The van der Waals surface area contributed by atoms with Crippen molar-refractivity contribution < 1.29 is 14.3 Å². The number of ketones is 1. The maximum Gasteiger partial charge on any atom is 0.306 e. The summed E-state index contributed by atoms with van der Waals surface area (Å²) in [6.07, 6.45) is 1.38. The van der Waals surface area contributed by atoms with Crippen LogP contribution in [0.4, 0.5) is 0 Å². The number of hydrogen-bond acceptors (Lipinski definition) is 5. The molecule has 0 aromatic carbocycles. The number of carbonyl (C=O) groups is 2. The summed E-state index contributed by atoms with van der Waals surface area (Å²) in [6, 6.07) is 4.45. The van der Waals surface area contributed by atoms with Crippen molar-refractivity contribution >= 4 is 23.1 Å². The van der Waals surface area contributed by atoms with Gasteiger partial charge in [0, 0.05) is 17.3 Å². The van der Waals surface area contributed by atoms with E-state index < -0.39 is 0 Å². The van der Waals surface area contributed by atoms with Crippen LogP contribution in [0.2, 0.25) is 0 Å². The summed E-state index contributed by atoms with van der Waals surface area (Å²) < 4.78 is 4.81. The Kier molecular flexibility index (Phi) is 7.47. The first-order chi connectivity index (χ1) is 9.52. The first-order valence-corrected chi connectivity index (χ1v) is 7.80. The molecule has 5 heteroatoms. The molecule has 0 spiro atoms. The molecule has 0 aliphatic carbocycles. The van der Waals surface area contributed by atoms with Crippen LogP contribution in [-0.2, 0) is 20.7 Å². The quantitative estimate of drug-likeness (QED) is 0.657. The summed E-state index contributed by atoms with van der Waals surface area (Å²) in [6.45, 7) is 4.62. The van der Waals surface area contributed by atoms with Gasteiger partial charge in [-0.1, -0.05) is 6.07 Å². The fourth-order valence-corrected chi connectivity index (χ4v) is 2.69. The third-order valence-electron chi connectivity index (χ3n) is 3.17. The molecule has 1 aromatic rings. The minimum absolute atomic E-state index is 0.0820. The average molecular weight is 297 g/mol. The monoisotopic (exact) mass is 297 g/mol. The van der Waals surface area contributed by atoms with Crippen molar-refractivity contribution in [2.75, 3.05) is 20.2 Å². The van der Waals surface area contributed by atoms with Gasteiger partial charge in [0.1, 0.15) is 5.78 Å². The predicted molar refractivity (Wildman–Crippen MR) is 81.0 cm³/mol. The van der Waals surface area contributed by atoms with Crippen LogP contribution in [0, 0.1) is 0 Å². The van der Waals surface area contributed by atoms with Crippen molar-refractivity contribution in [3.63, 3.8) is 0 Å². The van der Waals surface area contributed by atoms with Gasteiger partial charge in [0.2, 0.25) is 0 Å². The molecule has 1 aromatic heterocycles. The van der Waals surface area contributed by atoms with Gasteiger partial charge in [-0.05, 0) is 38.8 Å². The van der Waals surface area contributed by atoms with Crippen LogP contribution in [0.15, 0.2) is 17.5 Å². The highest BCUT2D eigenvalue weighted by Crippen LogP contribution is 2.13. The van der Waals surface area contributed by atoms with Gasteiger partial charge in [-0.3, -0.25) is 14.5 Å². The highest BCUT2D eigenvalue weighted by Gasteiger charge is 2.15. The fraction of sp³-hybridized carbons (Fsp3) is 0.600. The van der Waals surface area contributed by atoms with Crippen molar-refractivity contribution in [1.82, 2.24) is 4.90 Å². The topological polar surface area (TPSA) is 46.6 Å². The molecule has 0 saturated carbocycles. The minimum atomic E-state index is -0.296. The first-order valence-electron chi connectivity index (χ1n) is 6.92. The second kappa shape index (κ2) is 8.87. The van der Waals surface area contributed by atoms with E-state index in [2.05, 4.69) is 18.4 Å². The Morgan fingerprint density at radius 1 is 1.40 bits per heavy atom. The molecule has 4 nitrogen and oxygen atoms in total. The number of rotatable bonds is 9. The summed E-state index contributed by atoms with van der Waals surface area (Å²) in [7, 11) is 1.94. The zero-order valence-electron chi connectivity index (χ0n) is 12.4. The lowest BCUT2D eigenvalue weighted by atomic mass is 10.1. The van der Waals surface area contributed by atoms with Gasteiger partial charge < -0.3 is 4.74 Å². The zero-order valence-corrected chi connectivity index (χ0v) is 13.2. The Bertz CT molecular complexity index is 417. The summed E-state index contributed by atoms with van der Waals surface area (Å²) in [4.78, 5) is 26.4. The molecule has 0 bridgehead atoms. The normalized spacial score (nSPS) is 12.4. The van der Waals surface area contributed by atoms with Crippen LogP contribution < -0.4 is 0 Å². The molecule has 0 radical (unpaired) electrons. The summed E-state index contributed by atoms with van der Waals surface area (Å²) in [5, 5.41) is 2.06. The van der Waals surface area contributed by atoms with Crippen LogP contribution in [0.3, 0.4) is 0 Å². The second-order valence-electron chi connectivity index (χ2n) is 4.89. The molecule has 1 rings (SSSR count). The Labute approximate surface area is 124 Å². The van der Waals surface area contributed by atoms with Crippen LogP contribution in [0.1, 0.15) is 31.6 Å². The number of thiophene rings is 1. The highest BCUT2D eigenvalue weighted by molar-refractivity contribution is 7.09. The molecule has 112 valence electrons. The molecule has 0 N–H and O–H groups in total. The first kappa shape index (κ1) is 16.9. The van der Waals surface area contributed by atoms with E-state index >= 15 is 0 Å². The minimum Gasteiger partial charge on any atom is -0.466 e. The summed E-state index contributed by atoms with van der Waals surface area (Å²) >= 11 is 1.73. The van der Waals surface area contributed by atoms with E-state index in [0.717, 1.165) is 6.42 Å². The van der Waals surface area contributed by atoms with E-state index in [-0.39, 0.29) is 24.6 Å². The predicted octanol–water partition coefficient (Wildman–Crippen LogP) is 2.52. The third-order valence-corrected chi connectivity index (χ3v) is 4.07. The van der Waals surface area contributed by atoms with Crippen LogP contribution in [-0.4, -0.2) is 42.9 Å². The zero-order chi connectivity index (χ0) is 15.0. The number of carbonyl (C=O) groups excluding carboxylic acids is 2. The van der Waals surface area contributed by atoms with E-state index in [1.54, 1.807) is 18.3 Å². The van der Waals surface area contributed by atoms with Crippen molar-refractivity contribution in [2.24, 2.45) is 0 Å². The van der Waals surface area contributed by atoms with Crippen molar-refractivity contribution in [3.05, 3.63) is 22.4 Å². The van der Waals surface area contributed by atoms with Gasteiger partial charge >= 0.3 is 5.97 Å². The largest absolute Gasteiger partial charge is 0.466 e. The molecule has 0 fully saturated rings. The molecule has 1 unspecified atom stereocenters. The molecule has 0 saturated heterocycles. The number of hydrogen-bond donors (Lipinski definition) is 0. The van der Waals surface area contributed by atoms with Crippen molar-refractivity contribution in [3.8, 4) is 0 Å². The lowest BCUT2D eigenvalue weighted by Gasteiger charge is -2.23. The molecular weight excluding hydrogens is 274 g/mol. The van der Waals surface area contributed by atoms with Crippen molar-refractivity contribution in [2.45, 2.75) is 39.2 Å². The van der Waals surface area contributed by atoms with E-state index in [9.17, 15) is 9.59 Å². The van der Waals surface area contributed by atoms with Crippen LogP contribution in [0.25, 0.3) is 0 Å². The Morgan fingerprint density at radius 3 is 2.75 bits per heavy atom. The van der Waals surface area contributed by atoms with E-state index in [1.807, 2.05) is 18.0 Å². The highest BCUT2D eigenvalue weighted by atomic mass is 32.1. The van der Waals surface area contributed by atoms with E-state index in [1.165, 1.54) is 4.88 Å². The molecule has 0 aliphatic heterocycles. The molecule has 1 heterocycles. The Balaban J connectivity index is 2.28. The van der Waals surface area contributed by atoms with Crippen molar-refractivity contribution in [1.29, 1.82) is 0 Å². The number of likely N-dealkylation sites (N-methyl/N-ethyl adjacent to an activating group) is 1. The van der Waals surface area contributed by atoms with Gasteiger partial charge in [-0.2, -0.15) is 0 Å². The molecular formula is C15H23NO3S. The number of ether oxygens (including phenoxy) is 1. The maximum absolute atomic E-state index is 11.8. The standard InChI is InChI=1S/C15H23NO3S/c1-4-19-15(18)8-7-13(17)11-16(3)12(2)10-14-6-5-9-20-14/h5-6,9,12H,4,7-8,10-11H2,1-3H3. The molecule has 0 aliphatic rings. The summed E-state index contributed by atoms with van der Waals surface area (Å²) in [5.41, 5.74) is 0. The second-order valence-corrected chi connectivity index (χ2v) is 5.92. The lowest BCUT2D eigenvalue weighted by molar-refractivity contribution is -0.144. The Morgan fingerprint density at radius 2 is 2.15 bits per heavy atom. The van der Waals surface area contributed by atoms with Gasteiger partial charge in [-0.15, -0.1) is 11.3 Å². The summed E-state index contributed by atoms with van der Waals surface area (Å²) in [5.74, 6) is -0.214. The molecule has 1 atom stereocenters. The smallest absolute Gasteiger partial charge is 0.306 e. The van der Waals surface area contributed by atoms with E-state index in [4.69, 9.17) is 4.74 Å². The van der Waals surface area contributed by atoms with E-state index in [0.29, 0.717) is 19.2 Å². The number of Topliss-reactive ketones (excluding diaryl/α,β-unsaturated/α-hetero) is 1. The third kappa shape index (κ3) is 6.30. The number of esters is 1. The maximum atomic E-state index is 11.8. The fourth-order valence-electron chi connectivity index (χ4n) is 1.86. The Hall–Kier alpha value is -1.20. The number of nitrogens with zero attached hydrogens (tertiary/aromatic N) is 1. The lowest BCUT2D eigenvalue weighted by Crippen LogP contribution is -2.35. The van der Waals surface area contributed by atoms with Crippen LogP contribution in [0.5, 0.6) is 0 Å². The van der Waals surface area contributed by atoms with Gasteiger partial charge in [0.15, 0.2) is 0 Å².